The van der Waals surface area contributed by atoms with Crippen LogP contribution in [-0.4, -0.2) is 37.6 Å². The number of halogens is 1. The summed E-state index contributed by atoms with van der Waals surface area (Å²) in [5, 5.41) is 17.1. The van der Waals surface area contributed by atoms with Gasteiger partial charge in [0.25, 0.3) is 5.91 Å². The lowest BCUT2D eigenvalue weighted by molar-refractivity contribution is -0.385. The Balaban J connectivity index is 0.00000264. The van der Waals surface area contributed by atoms with Crippen molar-refractivity contribution in [2.24, 2.45) is 5.41 Å². The van der Waals surface area contributed by atoms with Gasteiger partial charge in [0.05, 0.1) is 12.0 Å². The highest BCUT2D eigenvalue weighted by Crippen LogP contribution is 2.28. The standard InChI is InChI=1S/C15H21N3O4.ClH/c1-15(6-3-7-16-9-15)10-17-14(19)11-4-5-12(18(20)21)13(8-11)22-2;/h4-5,8,16H,3,6-7,9-10H2,1-2H3,(H,17,19);1H. The Morgan fingerprint density at radius 2 is 2.26 bits per heavy atom. The molecule has 2 N–H and O–H groups in total. The molecule has 1 aliphatic rings. The topological polar surface area (TPSA) is 93.5 Å². The normalized spacial score (nSPS) is 20.3. The third-order valence-corrected chi connectivity index (χ3v) is 4.00. The van der Waals surface area contributed by atoms with Crippen LogP contribution in [0.25, 0.3) is 0 Å². The second-order valence-corrected chi connectivity index (χ2v) is 5.92. The molecule has 1 saturated heterocycles. The number of nitro groups is 1. The first-order valence-electron chi connectivity index (χ1n) is 7.26. The molecular weight excluding hydrogens is 322 g/mol. The molecule has 0 saturated carbocycles. The van der Waals surface area contributed by atoms with E-state index in [1.165, 1.54) is 25.3 Å². The predicted molar refractivity (Wildman–Crippen MR) is 89.4 cm³/mol. The van der Waals surface area contributed by atoms with Crippen LogP contribution < -0.4 is 15.4 Å². The van der Waals surface area contributed by atoms with Crippen LogP contribution >= 0.6 is 12.4 Å². The van der Waals surface area contributed by atoms with Crippen LogP contribution in [0.5, 0.6) is 5.75 Å². The van der Waals surface area contributed by atoms with E-state index in [2.05, 4.69) is 17.6 Å². The Labute approximate surface area is 141 Å². The van der Waals surface area contributed by atoms with Gasteiger partial charge in [-0.2, -0.15) is 0 Å². The molecular formula is C15H22ClN3O4. The van der Waals surface area contributed by atoms with Gasteiger partial charge in [0.2, 0.25) is 0 Å². The van der Waals surface area contributed by atoms with E-state index in [4.69, 9.17) is 4.74 Å². The number of benzene rings is 1. The summed E-state index contributed by atoms with van der Waals surface area (Å²) in [5.41, 5.74) is 0.246. The van der Waals surface area contributed by atoms with Gasteiger partial charge in [-0.1, -0.05) is 6.92 Å². The van der Waals surface area contributed by atoms with Crippen molar-refractivity contribution < 1.29 is 14.5 Å². The second kappa shape index (κ2) is 8.12. The zero-order valence-electron chi connectivity index (χ0n) is 13.3. The molecule has 0 aliphatic carbocycles. The van der Waals surface area contributed by atoms with Crippen LogP contribution in [0.3, 0.4) is 0 Å². The maximum absolute atomic E-state index is 12.2. The Bertz CT molecular complexity index is 574. The maximum atomic E-state index is 12.2. The van der Waals surface area contributed by atoms with Gasteiger partial charge in [0.15, 0.2) is 5.75 Å². The summed E-state index contributed by atoms with van der Waals surface area (Å²) < 4.78 is 4.98. The largest absolute Gasteiger partial charge is 0.490 e. The van der Waals surface area contributed by atoms with Gasteiger partial charge in [-0.25, -0.2) is 0 Å². The zero-order valence-corrected chi connectivity index (χ0v) is 14.1. The molecule has 0 spiro atoms. The lowest BCUT2D eigenvalue weighted by Crippen LogP contribution is -2.45. The van der Waals surface area contributed by atoms with Crippen LogP contribution in [0.4, 0.5) is 5.69 Å². The number of carbonyl (C=O) groups excluding carboxylic acids is 1. The van der Waals surface area contributed by atoms with E-state index in [1.54, 1.807) is 0 Å². The lowest BCUT2D eigenvalue weighted by Gasteiger charge is -2.34. The Kier molecular flexibility index (Phi) is 6.78. The minimum absolute atomic E-state index is 0. The number of methoxy groups -OCH3 is 1. The minimum Gasteiger partial charge on any atom is -0.490 e. The predicted octanol–water partition coefficient (Wildman–Crippen LogP) is 2.14. The van der Waals surface area contributed by atoms with Crippen molar-refractivity contribution >= 4 is 24.0 Å². The summed E-state index contributed by atoms with van der Waals surface area (Å²) in [5.74, 6) is -0.164. The van der Waals surface area contributed by atoms with E-state index >= 15 is 0 Å². The van der Waals surface area contributed by atoms with Crippen LogP contribution in [0.2, 0.25) is 0 Å². The quantitative estimate of drug-likeness (QED) is 0.631. The van der Waals surface area contributed by atoms with Crippen LogP contribution in [0.1, 0.15) is 30.1 Å². The monoisotopic (exact) mass is 343 g/mol. The third-order valence-electron chi connectivity index (χ3n) is 4.00. The van der Waals surface area contributed by atoms with E-state index in [9.17, 15) is 14.9 Å². The molecule has 8 heteroatoms. The van der Waals surface area contributed by atoms with E-state index in [0.29, 0.717) is 12.1 Å². The highest BCUT2D eigenvalue weighted by Gasteiger charge is 2.27. The molecule has 0 bridgehead atoms. The number of piperidine rings is 1. The number of ether oxygens (including phenoxy) is 1. The molecule has 1 fully saturated rings. The molecule has 1 aromatic rings. The van der Waals surface area contributed by atoms with Gasteiger partial charge in [0.1, 0.15) is 0 Å². The highest BCUT2D eigenvalue weighted by atomic mass is 35.5. The number of amides is 1. The summed E-state index contributed by atoms with van der Waals surface area (Å²) in [6.07, 6.45) is 2.15. The van der Waals surface area contributed by atoms with E-state index in [-0.39, 0.29) is 35.2 Å². The summed E-state index contributed by atoms with van der Waals surface area (Å²) in [4.78, 5) is 22.5. The number of rotatable bonds is 5. The number of hydrogen-bond donors (Lipinski definition) is 2. The van der Waals surface area contributed by atoms with Crippen molar-refractivity contribution in [2.75, 3.05) is 26.7 Å². The summed E-state index contributed by atoms with van der Waals surface area (Å²) in [6, 6.07) is 4.13. The number of hydrogen-bond acceptors (Lipinski definition) is 5. The Hall–Kier alpha value is -1.86. The van der Waals surface area contributed by atoms with Crippen molar-refractivity contribution in [1.82, 2.24) is 10.6 Å². The summed E-state index contributed by atoms with van der Waals surface area (Å²) in [7, 11) is 1.35. The van der Waals surface area contributed by atoms with Crippen LogP contribution in [0.15, 0.2) is 18.2 Å². The molecule has 1 amide bonds. The number of nitro benzene ring substituents is 1. The average molecular weight is 344 g/mol. The summed E-state index contributed by atoms with van der Waals surface area (Å²) in [6.45, 7) is 4.59. The molecule has 1 aromatic carbocycles. The van der Waals surface area contributed by atoms with Gasteiger partial charge >= 0.3 is 5.69 Å². The van der Waals surface area contributed by atoms with E-state index in [1.807, 2.05) is 0 Å². The molecule has 0 aromatic heterocycles. The van der Waals surface area contributed by atoms with E-state index < -0.39 is 4.92 Å². The third kappa shape index (κ3) is 4.80. The fraction of sp³-hybridized carbons (Fsp3) is 0.533. The zero-order chi connectivity index (χ0) is 16.2. The second-order valence-electron chi connectivity index (χ2n) is 5.92. The maximum Gasteiger partial charge on any atom is 0.310 e. The smallest absolute Gasteiger partial charge is 0.310 e. The van der Waals surface area contributed by atoms with Gasteiger partial charge < -0.3 is 15.4 Å². The highest BCUT2D eigenvalue weighted by molar-refractivity contribution is 5.95. The fourth-order valence-corrected chi connectivity index (χ4v) is 2.64. The molecule has 1 atom stereocenters. The first-order valence-corrected chi connectivity index (χ1v) is 7.26. The first-order chi connectivity index (χ1) is 10.4. The molecule has 23 heavy (non-hydrogen) atoms. The molecule has 1 unspecified atom stereocenters. The number of carbonyl (C=O) groups is 1. The van der Waals surface area contributed by atoms with Crippen LogP contribution in [0, 0.1) is 15.5 Å². The van der Waals surface area contributed by atoms with Gasteiger partial charge in [0, 0.05) is 30.8 Å². The SMILES string of the molecule is COc1cc(C(=O)NCC2(C)CCCNC2)ccc1[N+](=O)[O-].Cl. The van der Waals surface area contributed by atoms with Crippen molar-refractivity contribution in [2.45, 2.75) is 19.8 Å². The Morgan fingerprint density at radius 1 is 1.52 bits per heavy atom. The molecule has 0 radical (unpaired) electrons. The average Bonchev–Trinajstić information content (AvgIpc) is 2.52. The van der Waals surface area contributed by atoms with Crippen molar-refractivity contribution in [1.29, 1.82) is 0 Å². The Morgan fingerprint density at radius 3 is 2.83 bits per heavy atom. The van der Waals surface area contributed by atoms with Crippen molar-refractivity contribution in [3.05, 3.63) is 33.9 Å². The lowest BCUT2D eigenvalue weighted by atomic mass is 9.83. The minimum atomic E-state index is -0.532. The van der Waals surface area contributed by atoms with Gasteiger partial charge in [-0.3, -0.25) is 14.9 Å². The molecule has 128 valence electrons. The molecule has 2 rings (SSSR count). The number of nitrogens with zero attached hydrogens (tertiary/aromatic N) is 1. The van der Waals surface area contributed by atoms with Crippen LogP contribution in [-0.2, 0) is 0 Å². The number of nitrogens with one attached hydrogen (secondary N) is 2. The van der Waals surface area contributed by atoms with Crippen molar-refractivity contribution in [3.63, 3.8) is 0 Å². The van der Waals surface area contributed by atoms with Gasteiger partial charge in [-0.05, 0) is 30.9 Å². The molecule has 1 aliphatic heterocycles. The summed E-state index contributed by atoms with van der Waals surface area (Å²) >= 11 is 0. The molecule has 7 nitrogen and oxygen atoms in total. The van der Waals surface area contributed by atoms with Crippen molar-refractivity contribution in [3.8, 4) is 5.75 Å². The first kappa shape index (κ1) is 19.2. The van der Waals surface area contributed by atoms with Gasteiger partial charge in [-0.15, -0.1) is 12.4 Å². The fourth-order valence-electron chi connectivity index (χ4n) is 2.64. The molecule has 1 heterocycles. The van der Waals surface area contributed by atoms with E-state index in [0.717, 1.165) is 25.9 Å².